The van der Waals surface area contributed by atoms with E-state index in [1.54, 1.807) is 0 Å². The van der Waals surface area contributed by atoms with E-state index in [0.717, 1.165) is 43.9 Å². The van der Waals surface area contributed by atoms with Crippen LogP contribution in [0.4, 0.5) is 14.7 Å². The van der Waals surface area contributed by atoms with Crippen molar-refractivity contribution in [3.05, 3.63) is 71.6 Å². The van der Waals surface area contributed by atoms with Gasteiger partial charge in [0.05, 0.1) is 0 Å². The highest BCUT2D eigenvalue weighted by atomic mass is 19.2. The molecule has 27 heavy (non-hydrogen) atoms. The van der Waals surface area contributed by atoms with Gasteiger partial charge in [-0.1, -0.05) is 30.3 Å². The first-order valence-corrected chi connectivity index (χ1v) is 8.66. The smallest absolute Gasteiger partial charge is 0.274 e. The van der Waals surface area contributed by atoms with Gasteiger partial charge in [0.2, 0.25) is 6.10 Å². The van der Waals surface area contributed by atoms with Gasteiger partial charge in [-0.3, -0.25) is 0 Å². The van der Waals surface area contributed by atoms with Crippen LogP contribution in [0, 0.1) is 11.6 Å². The molecule has 1 atom stereocenters. The molecule has 1 saturated heterocycles. The number of anilines is 1. The van der Waals surface area contributed by atoms with E-state index in [-0.39, 0.29) is 11.6 Å². The molecule has 6 nitrogen and oxygen atoms in total. The van der Waals surface area contributed by atoms with Crippen LogP contribution in [-0.4, -0.2) is 36.3 Å². The molecular formula is C19H18F2N4O2. The SMILES string of the molecule is Fc1ccc(OC(c2ccccc2)c2nc(N3CCNCC3)no2)cc1F. The van der Waals surface area contributed by atoms with Gasteiger partial charge < -0.3 is 19.5 Å². The van der Waals surface area contributed by atoms with Crippen LogP contribution in [0.15, 0.2) is 53.1 Å². The van der Waals surface area contributed by atoms with Crippen LogP contribution in [0.3, 0.4) is 0 Å². The number of ether oxygens (including phenoxy) is 1. The average Bonchev–Trinajstić information content (AvgIpc) is 3.20. The second kappa shape index (κ2) is 7.71. The number of hydrogen-bond donors (Lipinski definition) is 1. The van der Waals surface area contributed by atoms with Crippen LogP contribution < -0.4 is 15.0 Å². The maximum atomic E-state index is 13.6. The van der Waals surface area contributed by atoms with Crippen molar-refractivity contribution in [2.45, 2.75) is 6.10 Å². The van der Waals surface area contributed by atoms with Gasteiger partial charge in [-0.15, -0.1) is 0 Å². The Balaban J connectivity index is 1.64. The molecule has 0 radical (unpaired) electrons. The van der Waals surface area contributed by atoms with Crippen LogP contribution in [0.1, 0.15) is 17.6 Å². The van der Waals surface area contributed by atoms with E-state index in [9.17, 15) is 8.78 Å². The Kier molecular flexibility index (Phi) is 4.97. The molecular weight excluding hydrogens is 354 g/mol. The summed E-state index contributed by atoms with van der Waals surface area (Å²) >= 11 is 0. The zero-order valence-corrected chi connectivity index (χ0v) is 14.4. The monoisotopic (exact) mass is 372 g/mol. The van der Waals surface area contributed by atoms with Gasteiger partial charge in [0.25, 0.3) is 11.8 Å². The van der Waals surface area contributed by atoms with Crippen molar-refractivity contribution >= 4 is 5.95 Å². The van der Waals surface area contributed by atoms with E-state index in [0.29, 0.717) is 5.95 Å². The van der Waals surface area contributed by atoms with Gasteiger partial charge in [0.1, 0.15) is 5.75 Å². The van der Waals surface area contributed by atoms with Gasteiger partial charge >= 0.3 is 0 Å². The fourth-order valence-corrected chi connectivity index (χ4v) is 2.90. The van der Waals surface area contributed by atoms with Crippen molar-refractivity contribution in [1.82, 2.24) is 15.5 Å². The molecule has 1 unspecified atom stereocenters. The molecule has 1 aromatic heterocycles. The minimum atomic E-state index is -0.980. The number of hydrogen-bond acceptors (Lipinski definition) is 6. The zero-order valence-electron chi connectivity index (χ0n) is 14.4. The lowest BCUT2D eigenvalue weighted by Gasteiger charge is -2.25. The second-order valence-electron chi connectivity index (χ2n) is 6.15. The summed E-state index contributed by atoms with van der Waals surface area (Å²) in [5.74, 6) is -1.01. The van der Waals surface area contributed by atoms with Gasteiger partial charge in [-0.2, -0.15) is 4.98 Å². The summed E-state index contributed by atoms with van der Waals surface area (Å²) in [4.78, 5) is 6.49. The van der Waals surface area contributed by atoms with E-state index < -0.39 is 17.7 Å². The summed E-state index contributed by atoms with van der Waals surface area (Å²) in [5.41, 5.74) is 0.762. The first kappa shape index (κ1) is 17.4. The number of halogens is 2. The Hall–Kier alpha value is -3.00. The molecule has 140 valence electrons. The lowest BCUT2D eigenvalue weighted by molar-refractivity contribution is 0.192. The molecule has 0 saturated carbocycles. The molecule has 3 aromatic rings. The summed E-state index contributed by atoms with van der Waals surface area (Å²) in [6, 6.07) is 12.7. The van der Waals surface area contributed by atoms with Crippen LogP contribution in [0.25, 0.3) is 0 Å². The Morgan fingerprint density at radius 3 is 2.56 bits per heavy atom. The lowest BCUT2D eigenvalue weighted by Crippen LogP contribution is -2.44. The standard InChI is InChI=1S/C19H18F2N4O2/c20-15-7-6-14(12-16(15)21)26-17(13-4-2-1-3-5-13)18-23-19(24-27-18)25-10-8-22-9-11-25/h1-7,12,17,22H,8-11H2. The van der Waals surface area contributed by atoms with Gasteiger partial charge in [0.15, 0.2) is 11.6 Å². The molecule has 1 aliphatic heterocycles. The van der Waals surface area contributed by atoms with Crippen LogP contribution in [0.5, 0.6) is 5.75 Å². The second-order valence-corrected chi connectivity index (χ2v) is 6.15. The van der Waals surface area contributed by atoms with Crippen molar-refractivity contribution in [2.24, 2.45) is 0 Å². The fraction of sp³-hybridized carbons (Fsp3) is 0.263. The molecule has 0 amide bonds. The van der Waals surface area contributed by atoms with E-state index in [2.05, 4.69) is 15.5 Å². The van der Waals surface area contributed by atoms with Crippen molar-refractivity contribution in [3.63, 3.8) is 0 Å². The average molecular weight is 372 g/mol. The Bertz CT molecular complexity index is 898. The zero-order chi connectivity index (χ0) is 18.6. The Morgan fingerprint density at radius 2 is 1.81 bits per heavy atom. The molecule has 2 heterocycles. The van der Waals surface area contributed by atoms with Crippen LogP contribution in [0.2, 0.25) is 0 Å². The highest BCUT2D eigenvalue weighted by Crippen LogP contribution is 2.29. The van der Waals surface area contributed by atoms with Crippen molar-refractivity contribution in [2.75, 3.05) is 31.1 Å². The quantitative estimate of drug-likeness (QED) is 0.743. The number of rotatable bonds is 5. The van der Waals surface area contributed by atoms with Gasteiger partial charge in [-0.05, 0) is 17.3 Å². The highest BCUT2D eigenvalue weighted by molar-refractivity contribution is 5.32. The summed E-state index contributed by atoms with van der Waals surface area (Å²) in [5, 5.41) is 7.32. The topological polar surface area (TPSA) is 63.4 Å². The molecule has 2 aromatic carbocycles. The maximum Gasteiger partial charge on any atom is 0.274 e. The minimum absolute atomic E-state index is 0.171. The third-order valence-corrected chi connectivity index (χ3v) is 4.30. The number of piperazine rings is 1. The molecule has 8 heteroatoms. The normalized spacial score (nSPS) is 15.6. The molecule has 0 spiro atoms. The summed E-state index contributed by atoms with van der Waals surface area (Å²) in [6.45, 7) is 3.24. The third kappa shape index (κ3) is 3.90. The number of benzene rings is 2. The fourth-order valence-electron chi connectivity index (χ4n) is 2.90. The molecule has 0 bridgehead atoms. The molecule has 1 fully saturated rings. The Labute approximate surface area is 154 Å². The molecule has 4 rings (SSSR count). The number of nitrogens with one attached hydrogen (secondary N) is 1. The van der Waals surface area contributed by atoms with E-state index in [1.807, 2.05) is 35.2 Å². The van der Waals surface area contributed by atoms with E-state index >= 15 is 0 Å². The largest absolute Gasteiger partial charge is 0.476 e. The summed E-state index contributed by atoms with van der Waals surface area (Å²) in [7, 11) is 0. The first-order chi connectivity index (χ1) is 13.2. The first-order valence-electron chi connectivity index (χ1n) is 8.66. The van der Waals surface area contributed by atoms with Crippen LogP contribution in [-0.2, 0) is 0 Å². The van der Waals surface area contributed by atoms with Crippen molar-refractivity contribution < 1.29 is 18.0 Å². The number of nitrogens with zero attached hydrogens (tertiary/aromatic N) is 3. The predicted octanol–water partition coefficient (Wildman–Crippen LogP) is 2.93. The molecule has 0 aliphatic carbocycles. The lowest BCUT2D eigenvalue weighted by atomic mass is 10.1. The van der Waals surface area contributed by atoms with Crippen LogP contribution >= 0.6 is 0 Å². The molecule has 1 aliphatic rings. The van der Waals surface area contributed by atoms with Crippen molar-refractivity contribution in [1.29, 1.82) is 0 Å². The Morgan fingerprint density at radius 1 is 1.04 bits per heavy atom. The summed E-state index contributed by atoms with van der Waals surface area (Å²) in [6.07, 6.45) is -0.736. The third-order valence-electron chi connectivity index (χ3n) is 4.30. The molecule has 1 N–H and O–H groups in total. The van der Waals surface area contributed by atoms with E-state index in [1.165, 1.54) is 6.07 Å². The van der Waals surface area contributed by atoms with Gasteiger partial charge in [-0.25, -0.2) is 8.78 Å². The van der Waals surface area contributed by atoms with Crippen molar-refractivity contribution in [3.8, 4) is 5.75 Å². The predicted molar refractivity (Wildman–Crippen MR) is 94.7 cm³/mol. The minimum Gasteiger partial charge on any atom is -0.476 e. The highest BCUT2D eigenvalue weighted by Gasteiger charge is 2.25. The van der Waals surface area contributed by atoms with Gasteiger partial charge in [0, 0.05) is 37.8 Å². The maximum absolute atomic E-state index is 13.6. The number of aromatic nitrogens is 2. The van der Waals surface area contributed by atoms with E-state index in [4.69, 9.17) is 9.26 Å². The summed E-state index contributed by atoms with van der Waals surface area (Å²) < 4.78 is 38.1.